The minimum atomic E-state index is -0.185. The van der Waals surface area contributed by atoms with Crippen LogP contribution >= 0.6 is 24.0 Å². The van der Waals surface area contributed by atoms with E-state index >= 15 is 0 Å². The summed E-state index contributed by atoms with van der Waals surface area (Å²) in [5, 5.41) is 0. The van der Waals surface area contributed by atoms with E-state index in [0.29, 0.717) is 39.2 Å². The lowest BCUT2D eigenvalue weighted by Crippen LogP contribution is -2.47. The second kappa shape index (κ2) is 12.0. The first-order chi connectivity index (χ1) is 20.0. The summed E-state index contributed by atoms with van der Waals surface area (Å²) < 4.78 is 2.09. The van der Waals surface area contributed by atoms with Crippen LogP contribution in [0.15, 0.2) is 88.7 Å². The highest BCUT2D eigenvalue weighted by Crippen LogP contribution is 2.34. The summed E-state index contributed by atoms with van der Waals surface area (Å²) in [4.78, 5) is 39.0. The van der Waals surface area contributed by atoms with Gasteiger partial charge in [0.15, 0.2) is 0 Å². The van der Waals surface area contributed by atoms with E-state index in [-0.39, 0.29) is 11.5 Å². The Morgan fingerprint density at radius 3 is 2.29 bits per heavy atom. The molecule has 0 bridgehead atoms. The average molecular weight is 582 g/mol. The van der Waals surface area contributed by atoms with Crippen molar-refractivity contribution in [2.75, 3.05) is 37.6 Å². The normalized spacial score (nSPS) is 17.2. The molecule has 208 valence electrons. The van der Waals surface area contributed by atoms with Gasteiger partial charge in [-0.05, 0) is 42.2 Å². The number of hydrogen-bond donors (Lipinski definition) is 0. The molecule has 9 heteroatoms. The van der Waals surface area contributed by atoms with Gasteiger partial charge < -0.3 is 4.90 Å². The van der Waals surface area contributed by atoms with Gasteiger partial charge in [0.2, 0.25) is 0 Å². The average Bonchev–Trinajstić information content (AvgIpc) is 3.26. The third kappa shape index (κ3) is 5.98. The number of benzene rings is 2. The maximum absolute atomic E-state index is 13.9. The Morgan fingerprint density at radius 1 is 0.902 bits per heavy atom. The van der Waals surface area contributed by atoms with E-state index in [2.05, 4.69) is 34.1 Å². The zero-order chi connectivity index (χ0) is 28.3. The van der Waals surface area contributed by atoms with Gasteiger partial charge in [-0.15, -0.1) is 0 Å². The van der Waals surface area contributed by atoms with Crippen LogP contribution in [0.1, 0.15) is 22.3 Å². The standard InChI is InChI=1S/C32H31N5O2S2/c1-23-12-13-28-33-29(35-18-16-34(17-19-35)22-25-10-6-3-7-11-25)26(30(38)37(28)21-23)20-27-31(39)36(32(40)41-27)15-14-24-8-4-2-5-9-24/h2-13,20-21H,14-19,22H2,1H3/b27-20-. The molecule has 0 N–H and O–H groups in total. The number of thiocarbonyl (C=S) groups is 1. The Balaban J connectivity index is 1.29. The molecule has 2 saturated heterocycles. The summed E-state index contributed by atoms with van der Waals surface area (Å²) in [6, 6.07) is 24.3. The third-order valence-corrected chi connectivity index (χ3v) is 8.90. The quantitative estimate of drug-likeness (QED) is 0.230. The number of piperazine rings is 1. The van der Waals surface area contributed by atoms with Crippen LogP contribution in [0, 0.1) is 6.92 Å². The van der Waals surface area contributed by atoms with Gasteiger partial charge in [-0.3, -0.25) is 23.8 Å². The van der Waals surface area contributed by atoms with Crippen LogP contribution in [0.5, 0.6) is 0 Å². The topological polar surface area (TPSA) is 61.2 Å². The van der Waals surface area contributed by atoms with E-state index in [1.54, 1.807) is 21.6 Å². The smallest absolute Gasteiger partial charge is 0.267 e. The van der Waals surface area contributed by atoms with Crippen molar-refractivity contribution in [3.8, 4) is 0 Å². The molecule has 0 aliphatic carbocycles. The lowest BCUT2D eigenvalue weighted by Gasteiger charge is -2.36. The van der Waals surface area contributed by atoms with Gasteiger partial charge in [-0.1, -0.05) is 90.7 Å². The van der Waals surface area contributed by atoms with Crippen molar-refractivity contribution in [2.45, 2.75) is 19.9 Å². The van der Waals surface area contributed by atoms with Gasteiger partial charge in [0.1, 0.15) is 15.8 Å². The van der Waals surface area contributed by atoms with Gasteiger partial charge in [-0.25, -0.2) is 4.98 Å². The summed E-state index contributed by atoms with van der Waals surface area (Å²) in [5.41, 5.74) is 4.22. The fourth-order valence-electron chi connectivity index (χ4n) is 5.28. The Labute approximate surface area is 249 Å². The van der Waals surface area contributed by atoms with Crippen molar-refractivity contribution >= 4 is 51.7 Å². The molecule has 2 aromatic heterocycles. The van der Waals surface area contributed by atoms with Crippen molar-refractivity contribution in [3.05, 3.63) is 117 Å². The van der Waals surface area contributed by atoms with E-state index in [9.17, 15) is 9.59 Å². The number of aryl methyl sites for hydroxylation is 1. The molecule has 2 aliphatic rings. The highest BCUT2D eigenvalue weighted by molar-refractivity contribution is 8.26. The summed E-state index contributed by atoms with van der Waals surface area (Å²) in [7, 11) is 0. The fourth-order valence-corrected chi connectivity index (χ4v) is 6.57. The number of carbonyl (C=O) groups is 1. The lowest BCUT2D eigenvalue weighted by atomic mass is 10.1. The Bertz CT molecular complexity index is 1680. The van der Waals surface area contributed by atoms with Gasteiger partial charge in [-0.2, -0.15) is 0 Å². The predicted octanol–water partition coefficient (Wildman–Crippen LogP) is 4.77. The van der Waals surface area contributed by atoms with Crippen LogP contribution in [0.4, 0.5) is 5.82 Å². The number of fused-ring (bicyclic) bond motifs is 1. The Kier molecular flexibility index (Phi) is 8.00. The molecule has 1 amide bonds. The van der Waals surface area contributed by atoms with Crippen molar-refractivity contribution in [3.63, 3.8) is 0 Å². The molecule has 6 rings (SSSR count). The molecule has 4 aromatic rings. The van der Waals surface area contributed by atoms with Gasteiger partial charge in [0.05, 0.1) is 10.5 Å². The van der Waals surface area contributed by atoms with Crippen molar-refractivity contribution in [1.82, 2.24) is 19.2 Å². The third-order valence-electron chi connectivity index (χ3n) is 7.52. The number of nitrogens with zero attached hydrogens (tertiary/aromatic N) is 5. The maximum Gasteiger partial charge on any atom is 0.267 e. The monoisotopic (exact) mass is 581 g/mol. The molecule has 7 nitrogen and oxygen atoms in total. The number of hydrogen-bond acceptors (Lipinski definition) is 7. The van der Waals surface area contributed by atoms with E-state index in [1.807, 2.05) is 55.5 Å². The van der Waals surface area contributed by atoms with Crippen LogP contribution in [0.3, 0.4) is 0 Å². The van der Waals surface area contributed by atoms with Gasteiger partial charge in [0.25, 0.3) is 11.5 Å². The highest BCUT2D eigenvalue weighted by atomic mass is 32.2. The van der Waals surface area contributed by atoms with E-state index < -0.39 is 0 Å². The van der Waals surface area contributed by atoms with Crippen LogP contribution in [-0.2, 0) is 17.8 Å². The molecule has 0 atom stereocenters. The predicted molar refractivity (Wildman–Crippen MR) is 170 cm³/mol. The van der Waals surface area contributed by atoms with Gasteiger partial charge >= 0.3 is 0 Å². The molecular weight excluding hydrogens is 551 g/mol. The number of aromatic nitrogens is 2. The first kappa shape index (κ1) is 27.4. The molecular formula is C32H31N5O2S2. The summed E-state index contributed by atoms with van der Waals surface area (Å²) in [6.45, 7) is 6.51. The van der Waals surface area contributed by atoms with Crippen LogP contribution in [0.2, 0.25) is 0 Å². The number of pyridine rings is 1. The molecule has 2 fully saturated rings. The molecule has 0 saturated carbocycles. The molecule has 41 heavy (non-hydrogen) atoms. The molecule has 0 unspecified atom stereocenters. The van der Waals surface area contributed by atoms with Crippen molar-refractivity contribution < 1.29 is 4.79 Å². The van der Waals surface area contributed by atoms with Crippen LogP contribution < -0.4 is 10.5 Å². The maximum atomic E-state index is 13.9. The van der Waals surface area contributed by atoms with Crippen LogP contribution in [-0.4, -0.2) is 62.1 Å². The first-order valence-electron chi connectivity index (χ1n) is 13.8. The zero-order valence-corrected chi connectivity index (χ0v) is 24.5. The van der Waals surface area contributed by atoms with E-state index in [1.165, 1.54) is 17.3 Å². The first-order valence-corrected chi connectivity index (χ1v) is 15.0. The molecule has 2 aliphatic heterocycles. The summed E-state index contributed by atoms with van der Waals surface area (Å²) in [6.07, 6.45) is 4.21. The summed E-state index contributed by atoms with van der Waals surface area (Å²) in [5.74, 6) is 0.455. The highest BCUT2D eigenvalue weighted by Gasteiger charge is 2.33. The van der Waals surface area contributed by atoms with Crippen LogP contribution in [0.25, 0.3) is 11.7 Å². The Morgan fingerprint density at radius 2 is 1.59 bits per heavy atom. The van der Waals surface area contributed by atoms with E-state index in [4.69, 9.17) is 17.2 Å². The van der Waals surface area contributed by atoms with Crippen molar-refractivity contribution in [2.24, 2.45) is 0 Å². The zero-order valence-electron chi connectivity index (χ0n) is 22.9. The minimum absolute atomic E-state index is 0.164. The molecule has 4 heterocycles. The largest absolute Gasteiger partial charge is 0.353 e. The lowest BCUT2D eigenvalue weighted by molar-refractivity contribution is -0.122. The number of rotatable bonds is 7. The van der Waals surface area contributed by atoms with Gasteiger partial charge in [0, 0.05) is 45.5 Å². The van der Waals surface area contributed by atoms with Crippen molar-refractivity contribution in [1.29, 1.82) is 0 Å². The molecule has 0 spiro atoms. The van der Waals surface area contributed by atoms with E-state index in [0.717, 1.165) is 43.9 Å². The number of thioether (sulfide) groups is 1. The Hall–Kier alpha value is -3.79. The molecule has 2 aromatic carbocycles. The fraction of sp³-hybridized carbons (Fsp3) is 0.250. The number of anilines is 1. The summed E-state index contributed by atoms with van der Waals surface area (Å²) >= 11 is 6.84. The minimum Gasteiger partial charge on any atom is -0.353 e. The number of carbonyl (C=O) groups excluding carboxylic acids is 1. The molecule has 0 radical (unpaired) electrons. The second-order valence-electron chi connectivity index (χ2n) is 10.4. The SMILES string of the molecule is Cc1ccc2nc(N3CCN(Cc4ccccc4)CC3)c(/C=C3\SC(=S)N(CCc4ccccc4)C3=O)c(=O)n2c1. The second-order valence-corrected chi connectivity index (χ2v) is 12.1. The number of amides is 1.